The molecular weight excluding hydrogens is 552 g/mol. The average molecular weight is 575 g/mol. The van der Waals surface area contributed by atoms with E-state index >= 15 is 0 Å². The van der Waals surface area contributed by atoms with Crippen LogP contribution >= 0.6 is 15.9 Å². The van der Waals surface area contributed by atoms with Crippen molar-refractivity contribution in [2.45, 2.75) is 12.5 Å². The number of carbonyl (C=O) groups excluding carboxylic acids is 2. The summed E-state index contributed by atoms with van der Waals surface area (Å²) < 4.78 is 6.62. The lowest BCUT2D eigenvalue weighted by Crippen LogP contribution is -2.31. The van der Waals surface area contributed by atoms with E-state index in [1.807, 2.05) is 37.2 Å². The van der Waals surface area contributed by atoms with Crippen LogP contribution in [0.2, 0.25) is 0 Å². The quantitative estimate of drug-likeness (QED) is 0.273. The second kappa shape index (κ2) is 9.83. The summed E-state index contributed by atoms with van der Waals surface area (Å²) >= 11 is 3.41. The van der Waals surface area contributed by atoms with Crippen molar-refractivity contribution < 1.29 is 29.0 Å². The fourth-order valence-corrected chi connectivity index (χ4v) is 4.96. The van der Waals surface area contributed by atoms with Gasteiger partial charge in [0.05, 0.1) is 18.0 Å². The van der Waals surface area contributed by atoms with Crippen molar-refractivity contribution in [1.82, 2.24) is 0 Å². The minimum Gasteiger partial charge on any atom is -0.503 e. The first kappa shape index (κ1) is 25.3. The van der Waals surface area contributed by atoms with Gasteiger partial charge in [-0.25, -0.2) is 0 Å². The van der Waals surface area contributed by atoms with E-state index in [4.69, 9.17) is 9.52 Å². The van der Waals surface area contributed by atoms with E-state index in [2.05, 4.69) is 15.9 Å². The van der Waals surface area contributed by atoms with Gasteiger partial charge in [0.2, 0.25) is 5.78 Å². The Kier molecular flexibility index (Phi) is 6.54. The molecular formula is C29H23BrN2O6. The number of fused-ring (bicyclic) bond motifs is 1. The highest BCUT2D eigenvalue weighted by molar-refractivity contribution is 9.10. The SMILES string of the molecule is CN(C)c1ccc(C2C(C(=O)c3cc4cc(Br)ccc4o3)=C(O)C(=O)N2c2ccc(CC(=O)O)cc2)cc1. The molecule has 2 N–H and O–H groups in total. The largest absolute Gasteiger partial charge is 0.503 e. The zero-order valence-corrected chi connectivity index (χ0v) is 22.1. The molecule has 0 spiro atoms. The number of nitrogens with zero attached hydrogens (tertiary/aromatic N) is 2. The van der Waals surface area contributed by atoms with E-state index in [9.17, 15) is 19.5 Å². The lowest BCUT2D eigenvalue weighted by molar-refractivity contribution is -0.136. The van der Waals surface area contributed by atoms with Gasteiger partial charge in [0, 0.05) is 35.3 Å². The van der Waals surface area contributed by atoms with Crippen LogP contribution in [0.4, 0.5) is 11.4 Å². The van der Waals surface area contributed by atoms with Gasteiger partial charge in [0.25, 0.3) is 5.91 Å². The minimum atomic E-state index is -0.973. The van der Waals surface area contributed by atoms with Crippen LogP contribution in [-0.4, -0.2) is 42.0 Å². The third-order valence-corrected chi connectivity index (χ3v) is 6.94. The zero-order valence-electron chi connectivity index (χ0n) is 20.5. The summed E-state index contributed by atoms with van der Waals surface area (Å²) in [7, 11) is 3.80. The number of benzene rings is 3. The Balaban J connectivity index is 1.61. The third-order valence-electron chi connectivity index (χ3n) is 6.45. The van der Waals surface area contributed by atoms with Crippen molar-refractivity contribution in [2.75, 3.05) is 23.9 Å². The normalized spacial score (nSPS) is 15.4. The maximum atomic E-state index is 13.8. The first-order chi connectivity index (χ1) is 18.1. The first-order valence-electron chi connectivity index (χ1n) is 11.7. The molecule has 0 bridgehead atoms. The molecule has 3 aromatic carbocycles. The summed E-state index contributed by atoms with van der Waals surface area (Å²) in [4.78, 5) is 41.6. The Morgan fingerprint density at radius 1 is 1.00 bits per heavy atom. The number of Topliss-reactive ketones (excluding diaryl/α,β-unsaturated/α-hetero) is 1. The number of halogens is 1. The van der Waals surface area contributed by atoms with Crippen LogP contribution in [0, 0.1) is 0 Å². The maximum absolute atomic E-state index is 13.8. The van der Waals surface area contributed by atoms with Crippen LogP contribution in [0.1, 0.15) is 27.7 Å². The molecule has 0 radical (unpaired) electrons. The maximum Gasteiger partial charge on any atom is 0.307 e. The summed E-state index contributed by atoms with van der Waals surface area (Å²) in [5.41, 5.74) is 2.91. The summed E-state index contributed by atoms with van der Waals surface area (Å²) in [6.07, 6.45) is -0.168. The molecule has 8 nitrogen and oxygen atoms in total. The Morgan fingerprint density at radius 3 is 2.32 bits per heavy atom. The molecule has 38 heavy (non-hydrogen) atoms. The average Bonchev–Trinajstić information content (AvgIpc) is 3.42. The van der Waals surface area contributed by atoms with Crippen molar-refractivity contribution >= 4 is 55.9 Å². The lowest BCUT2D eigenvalue weighted by atomic mass is 9.94. The lowest BCUT2D eigenvalue weighted by Gasteiger charge is -2.27. The molecule has 1 aromatic heterocycles. The van der Waals surface area contributed by atoms with Gasteiger partial charge < -0.3 is 19.5 Å². The smallest absolute Gasteiger partial charge is 0.307 e. The van der Waals surface area contributed by atoms with E-state index in [0.717, 1.165) is 10.2 Å². The van der Waals surface area contributed by atoms with Gasteiger partial charge in [0.1, 0.15) is 5.58 Å². The summed E-state index contributed by atoms with van der Waals surface area (Å²) in [6, 6.07) is 19.8. The summed E-state index contributed by atoms with van der Waals surface area (Å²) in [6.45, 7) is 0. The Labute approximate surface area is 226 Å². The fourth-order valence-electron chi connectivity index (χ4n) is 4.58. The molecule has 1 aliphatic rings. The Morgan fingerprint density at radius 2 is 1.68 bits per heavy atom. The van der Waals surface area contributed by atoms with Crippen molar-refractivity contribution in [1.29, 1.82) is 0 Å². The van der Waals surface area contributed by atoms with E-state index in [1.54, 1.807) is 54.6 Å². The number of furan rings is 1. The topological polar surface area (TPSA) is 111 Å². The monoisotopic (exact) mass is 574 g/mol. The van der Waals surface area contributed by atoms with Gasteiger partial charge >= 0.3 is 5.97 Å². The number of aliphatic hydroxyl groups excluding tert-OH is 1. The molecule has 192 valence electrons. The highest BCUT2D eigenvalue weighted by Crippen LogP contribution is 2.42. The highest BCUT2D eigenvalue weighted by Gasteiger charge is 2.45. The van der Waals surface area contributed by atoms with Gasteiger partial charge in [0.15, 0.2) is 11.5 Å². The number of ketones is 1. The molecule has 2 heterocycles. The highest BCUT2D eigenvalue weighted by atomic mass is 79.9. The van der Waals surface area contributed by atoms with Crippen LogP contribution in [0.3, 0.4) is 0 Å². The summed E-state index contributed by atoms with van der Waals surface area (Å²) in [5.74, 6) is -2.97. The van der Waals surface area contributed by atoms with Gasteiger partial charge in [-0.15, -0.1) is 0 Å². The zero-order chi connectivity index (χ0) is 27.1. The minimum absolute atomic E-state index is 0.000942. The molecule has 0 saturated carbocycles. The number of aliphatic hydroxyl groups is 1. The fraction of sp³-hybridized carbons (Fsp3) is 0.138. The Hall–Kier alpha value is -4.37. The summed E-state index contributed by atoms with van der Waals surface area (Å²) in [5, 5.41) is 20.8. The molecule has 1 unspecified atom stereocenters. The van der Waals surface area contributed by atoms with Gasteiger partial charge in [-0.3, -0.25) is 19.3 Å². The van der Waals surface area contributed by atoms with Crippen molar-refractivity contribution in [3.05, 3.63) is 105 Å². The van der Waals surface area contributed by atoms with Gasteiger partial charge in [-0.1, -0.05) is 40.2 Å². The van der Waals surface area contributed by atoms with Crippen molar-refractivity contribution in [3.8, 4) is 0 Å². The predicted octanol–water partition coefficient (Wildman–Crippen LogP) is 5.67. The molecule has 0 fully saturated rings. The van der Waals surface area contributed by atoms with Crippen molar-refractivity contribution in [2.24, 2.45) is 0 Å². The van der Waals surface area contributed by atoms with E-state index < -0.39 is 29.5 Å². The second-order valence-electron chi connectivity index (χ2n) is 9.18. The third kappa shape index (κ3) is 4.56. The van der Waals surface area contributed by atoms with E-state index in [0.29, 0.717) is 27.8 Å². The van der Waals surface area contributed by atoms with Crippen LogP contribution < -0.4 is 9.80 Å². The van der Waals surface area contributed by atoms with Crippen LogP contribution in [-0.2, 0) is 16.0 Å². The molecule has 0 aliphatic carbocycles. The number of hydrogen-bond acceptors (Lipinski definition) is 6. The molecule has 1 aliphatic heterocycles. The van der Waals surface area contributed by atoms with Gasteiger partial charge in [-0.05, 0) is 59.7 Å². The molecule has 1 atom stereocenters. The van der Waals surface area contributed by atoms with Crippen LogP contribution in [0.25, 0.3) is 11.0 Å². The van der Waals surface area contributed by atoms with E-state index in [1.165, 1.54) is 4.90 Å². The molecule has 1 amide bonds. The molecule has 4 aromatic rings. The number of carbonyl (C=O) groups is 3. The van der Waals surface area contributed by atoms with E-state index in [-0.39, 0.29) is 17.8 Å². The molecule has 0 saturated heterocycles. The second-order valence-corrected chi connectivity index (χ2v) is 10.1. The molecule has 5 rings (SSSR count). The van der Waals surface area contributed by atoms with Crippen LogP contribution in [0.5, 0.6) is 0 Å². The number of rotatable bonds is 7. The van der Waals surface area contributed by atoms with Crippen molar-refractivity contribution in [3.63, 3.8) is 0 Å². The predicted molar refractivity (Wildman–Crippen MR) is 147 cm³/mol. The standard InChI is InChI=1S/C29H23BrN2O6/c1-31(2)20-10-5-17(6-11-20)26-25(27(35)23-15-18-14-19(30)7-12-22(18)38-23)28(36)29(37)32(26)21-8-3-16(4-9-21)13-24(33)34/h3-12,14-15,26,36H,13H2,1-2H3,(H,33,34). The number of aliphatic carboxylic acids is 1. The first-order valence-corrected chi connectivity index (χ1v) is 12.5. The molecule has 9 heteroatoms. The Bertz CT molecular complexity index is 1600. The number of anilines is 2. The van der Waals surface area contributed by atoms with Crippen LogP contribution in [0.15, 0.2) is 93.0 Å². The number of amides is 1. The number of carboxylic acids is 1. The van der Waals surface area contributed by atoms with Gasteiger partial charge in [-0.2, -0.15) is 0 Å². The number of carboxylic acid groups (broad SMARTS) is 1. The number of hydrogen-bond donors (Lipinski definition) is 2.